The fourth-order valence-electron chi connectivity index (χ4n) is 2.57. The zero-order chi connectivity index (χ0) is 17.0. The van der Waals surface area contributed by atoms with Crippen molar-refractivity contribution in [1.82, 2.24) is 0 Å². The van der Waals surface area contributed by atoms with Crippen LogP contribution in [0, 0.1) is 0 Å². The van der Waals surface area contributed by atoms with Gasteiger partial charge in [-0.1, -0.05) is 37.5 Å². The van der Waals surface area contributed by atoms with Gasteiger partial charge in [-0.2, -0.15) is 0 Å². The Labute approximate surface area is 157 Å². The molecule has 1 saturated carbocycles. The molecule has 1 fully saturated rings. The number of nitrogens with zero attached hydrogens (tertiary/aromatic N) is 2. The Morgan fingerprint density at radius 1 is 0.917 bits per heavy atom. The number of rotatable bonds is 4. The van der Waals surface area contributed by atoms with Gasteiger partial charge < -0.3 is 4.42 Å². The van der Waals surface area contributed by atoms with Gasteiger partial charge in [0.15, 0.2) is 0 Å². The molecular formula is C18H20Cl2FeN2O. The van der Waals surface area contributed by atoms with Gasteiger partial charge in [-0.15, -0.1) is 0 Å². The predicted octanol–water partition coefficient (Wildman–Crippen LogP) is 6.16. The third-order valence-corrected chi connectivity index (χ3v) is 3.73. The predicted molar refractivity (Wildman–Crippen MR) is 98.6 cm³/mol. The maximum atomic E-state index is 5.70. The van der Waals surface area contributed by atoms with Gasteiger partial charge in [0.25, 0.3) is 0 Å². The van der Waals surface area contributed by atoms with E-state index >= 15 is 0 Å². The molecule has 0 atom stereocenters. The van der Waals surface area contributed by atoms with Gasteiger partial charge in [-0.25, -0.2) is 0 Å². The van der Waals surface area contributed by atoms with E-state index < -0.39 is 0 Å². The van der Waals surface area contributed by atoms with Crippen molar-refractivity contribution < 1.29 is 17.6 Å². The first kappa shape index (κ1) is 19.3. The Balaban J connectivity index is 0.000000647. The normalized spacial score (nSPS) is 15.8. The fourth-order valence-corrected chi connectivity index (χ4v) is 2.57. The van der Waals surface area contributed by atoms with Crippen molar-refractivity contribution >= 4 is 38.3 Å². The van der Waals surface area contributed by atoms with Crippen molar-refractivity contribution in [2.45, 2.75) is 38.1 Å². The van der Waals surface area contributed by atoms with E-state index in [2.05, 4.69) is 9.98 Å². The first-order valence-electron chi connectivity index (χ1n) is 7.89. The summed E-state index contributed by atoms with van der Waals surface area (Å²) in [6.45, 7) is 0. The molecule has 3 rings (SSSR count). The van der Waals surface area contributed by atoms with Crippen molar-refractivity contribution in [2.24, 2.45) is 9.98 Å². The van der Waals surface area contributed by atoms with Crippen LogP contribution in [0.2, 0.25) is 0 Å². The molecule has 0 unspecified atom stereocenters. The number of hydrogen-bond donors (Lipinski definition) is 0. The maximum absolute atomic E-state index is 5.70. The van der Waals surface area contributed by atoms with E-state index in [1.165, 1.54) is 32.1 Å². The molecule has 1 aromatic carbocycles. The third-order valence-electron chi connectivity index (χ3n) is 3.73. The van der Waals surface area contributed by atoms with Gasteiger partial charge in [0, 0.05) is 0 Å². The molecule has 0 aliphatic heterocycles. The summed E-state index contributed by atoms with van der Waals surface area (Å²) in [5, 5.41) is 0. The Bertz CT molecular complexity index is 637. The summed E-state index contributed by atoms with van der Waals surface area (Å²) in [7, 11) is 9.53. The monoisotopic (exact) mass is 406 g/mol. The van der Waals surface area contributed by atoms with Crippen LogP contribution in [0.4, 0.5) is 5.69 Å². The summed E-state index contributed by atoms with van der Waals surface area (Å²) in [4.78, 5) is 9.00. The zero-order valence-corrected chi connectivity index (χ0v) is 15.8. The summed E-state index contributed by atoms with van der Waals surface area (Å²) >= 11 is 0.194. The van der Waals surface area contributed by atoms with E-state index in [0.717, 1.165) is 17.2 Å². The average Bonchev–Trinajstić information content (AvgIpc) is 3.09. The summed E-state index contributed by atoms with van der Waals surface area (Å²) in [6.07, 6.45) is 9.97. The third kappa shape index (κ3) is 7.23. The van der Waals surface area contributed by atoms with Crippen molar-refractivity contribution in [3.63, 3.8) is 0 Å². The topological polar surface area (TPSA) is 37.9 Å². The number of hydrogen-bond acceptors (Lipinski definition) is 3. The molecule has 3 nitrogen and oxygen atoms in total. The van der Waals surface area contributed by atoms with Gasteiger partial charge in [0.1, 0.15) is 11.5 Å². The van der Waals surface area contributed by atoms with E-state index in [-0.39, 0.29) is 13.1 Å². The molecule has 1 aromatic heterocycles. The van der Waals surface area contributed by atoms with Crippen molar-refractivity contribution in [2.75, 3.05) is 0 Å². The molecule has 1 aliphatic rings. The van der Waals surface area contributed by atoms with E-state index in [0.29, 0.717) is 6.04 Å². The summed E-state index contributed by atoms with van der Waals surface area (Å²) in [6, 6.07) is 14.2. The van der Waals surface area contributed by atoms with Crippen LogP contribution in [0.5, 0.6) is 0 Å². The van der Waals surface area contributed by atoms with Crippen LogP contribution >= 0.6 is 20.2 Å². The second kappa shape index (κ2) is 11.5. The Kier molecular flexibility index (Phi) is 9.22. The van der Waals surface area contributed by atoms with Gasteiger partial charge >= 0.3 is 33.3 Å². The van der Waals surface area contributed by atoms with E-state index in [9.17, 15) is 0 Å². The molecule has 130 valence electrons. The molecule has 1 aliphatic carbocycles. The van der Waals surface area contributed by atoms with Crippen LogP contribution in [-0.2, 0) is 13.1 Å². The van der Waals surface area contributed by atoms with Crippen molar-refractivity contribution in [1.29, 1.82) is 0 Å². The molecule has 6 heteroatoms. The molecule has 0 radical (unpaired) electrons. The minimum atomic E-state index is 0.194. The van der Waals surface area contributed by atoms with Crippen molar-refractivity contribution in [3.8, 4) is 0 Å². The summed E-state index contributed by atoms with van der Waals surface area (Å²) < 4.78 is 5.70. The molecule has 0 N–H and O–H groups in total. The first-order chi connectivity index (χ1) is 11.8. The molecule has 0 bridgehead atoms. The first-order valence-corrected chi connectivity index (χ1v) is 10.9. The quantitative estimate of drug-likeness (QED) is 0.442. The molecule has 0 saturated heterocycles. The minimum absolute atomic E-state index is 0.194. The number of benzene rings is 1. The Hall–Kier alpha value is -1.06. The molecule has 0 amide bonds. The van der Waals surface area contributed by atoms with Crippen LogP contribution in [0.15, 0.2) is 56.9 Å². The molecule has 0 spiro atoms. The molecule has 24 heavy (non-hydrogen) atoms. The fraction of sp³-hybridized carbons (Fsp3) is 0.333. The summed E-state index contributed by atoms with van der Waals surface area (Å²) in [5.74, 6) is 1.55. The van der Waals surface area contributed by atoms with E-state index in [1.54, 1.807) is 6.21 Å². The average molecular weight is 407 g/mol. The SMILES string of the molecule is C(=Nc1ccccc1)c1ccc(C=NC2CCCCC2)o1.[Cl][Fe][Cl]. The van der Waals surface area contributed by atoms with Crippen LogP contribution in [-0.4, -0.2) is 18.5 Å². The number of para-hydroxylation sites is 1. The summed E-state index contributed by atoms with van der Waals surface area (Å²) in [5.41, 5.74) is 0.923. The number of furan rings is 1. The Morgan fingerprint density at radius 3 is 2.21 bits per heavy atom. The molecular weight excluding hydrogens is 387 g/mol. The van der Waals surface area contributed by atoms with Gasteiger partial charge in [-0.05, 0) is 37.1 Å². The number of aliphatic imine (C=N–C) groups is 2. The van der Waals surface area contributed by atoms with Crippen LogP contribution < -0.4 is 0 Å². The van der Waals surface area contributed by atoms with Gasteiger partial charge in [0.2, 0.25) is 0 Å². The van der Waals surface area contributed by atoms with Crippen LogP contribution in [0.1, 0.15) is 43.6 Å². The second-order valence-corrected chi connectivity index (χ2v) is 7.28. The van der Waals surface area contributed by atoms with E-state index in [4.69, 9.17) is 24.6 Å². The zero-order valence-electron chi connectivity index (χ0n) is 13.2. The van der Waals surface area contributed by atoms with Crippen LogP contribution in [0.25, 0.3) is 0 Å². The van der Waals surface area contributed by atoms with Crippen LogP contribution in [0.3, 0.4) is 0 Å². The molecule has 2 aromatic rings. The Morgan fingerprint density at radius 2 is 1.54 bits per heavy atom. The number of halogens is 2. The standard InChI is InChI=1S/C18H20N2O.2ClH.Fe/c1-3-7-15(8-4-1)19-13-17-11-12-18(21-17)14-20-16-9-5-2-6-10-16;;;/h1,3-4,7-8,11-14,16H,2,5-6,9-10H2;2*1H;/q;;;+2/p-2. The molecule has 1 heterocycles. The second-order valence-electron chi connectivity index (χ2n) is 5.45. The van der Waals surface area contributed by atoms with Gasteiger partial charge in [-0.3, -0.25) is 9.98 Å². The van der Waals surface area contributed by atoms with Gasteiger partial charge in [0.05, 0.1) is 24.2 Å². The van der Waals surface area contributed by atoms with Crippen molar-refractivity contribution in [3.05, 3.63) is 54.0 Å². The van der Waals surface area contributed by atoms with E-state index in [1.807, 2.05) is 48.7 Å².